The van der Waals surface area contributed by atoms with Gasteiger partial charge in [-0.3, -0.25) is 0 Å². The van der Waals surface area contributed by atoms with Gasteiger partial charge in [-0.2, -0.15) is 0 Å². The van der Waals surface area contributed by atoms with Crippen molar-refractivity contribution < 1.29 is 5.11 Å². The second-order valence-corrected chi connectivity index (χ2v) is 5.52. The van der Waals surface area contributed by atoms with E-state index < -0.39 is 0 Å². The summed E-state index contributed by atoms with van der Waals surface area (Å²) >= 11 is 8.05. The largest absolute Gasteiger partial charge is 0.395 e. The van der Waals surface area contributed by atoms with Crippen LogP contribution in [0.1, 0.15) is 18.2 Å². The van der Waals surface area contributed by atoms with Crippen LogP contribution < -0.4 is 5.32 Å². The highest BCUT2D eigenvalue weighted by molar-refractivity contribution is 7.19. The molecule has 2 nitrogen and oxygen atoms in total. The minimum absolute atomic E-state index is 0.149. The number of nitrogens with one attached hydrogen (secondary N) is 1. The van der Waals surface area contributed by atoms with E-state index in [2.05, 4.69) is 18.3 Å². The topological polar surface area (TPSA) is 32.3 Å². The normalized spacial score (nSPS) is 13.1. The monoisotopic (exact) mass is 269 g/mol. The summed E-state index contributed by atoms with van der Waals surface area (Å²) in [5.74, 6) is 0. The lowest BCUT2D eigenvalue weighted by molar-refractivity contribution is 0.238. The van der Waals surface area contributed by atoms with Gasteiger partial charge in [-0.1, -0.05) is 36.7 Å². The molecule has 0 amide bonds. The molecule has 1 aromatic heterocycles. The molecule has 0 saturated heterocycles. The Morgan fingerprint density at radius 1 is 1.41 bits per heavy atom. The first-order valence-corrected chi connectivity index (χ1v) is 6.95. The molecule has 0 spiro atoms. The number of hydrogen-bond donors (Lipinski definition) is 2. The van der Waals surface area contributed by atoms with Crippen LogP contribution in [0.25, 0.3) is 10.1 Å². The molecule has 0 aliphatic heterocycles. The van der Waals surface area contributed by atoms with E-state index in [-0.39, 0.29) is 12.6 Å². The van der Waals surface area contributed by atoms with Crippen LogP contribution in [0.4, 0.5) is 0 Å². The number of rotatable bonds is 5. The summed E-state index contributed by atoms with van der Waals surface area (Å²) in [6, 6.07) is 8.30. The minimum atomic E-state index is 0.149. The fraction of sp³-hybridized carbons (Fsp3) is 0.385. The summed E-state index contributed by atoms with van der Waals surface area (Å²) in [5.41, 5.74) is 0. The van der Waals surface area contributed by atoms with Gasteiger partial charge in [-0.05, 0) is 12.5 Å². The molecule has 0 aliphatic carbocycles. The third-order valence-corrected chi connectivity index (χ3v) is 4.58. The maximum absolute atomic E-state index is 9.12. The van der Waals surface area contributed by atoms with Gasteiger partial charge < -0.3 is 10.4 Å². The van der Waals surface area contributed by atoms with Gasteiger partial charge in [0.25, 0.3) is 0 Å². The SMILES string of the molecule is CC[C@@H](CO)NCc1sc2ccccc2c1Cl. The van der Waals surface area contributed by atoms with Crippen molar-refractivity contribution in [1.82, 2.24) is 5.32 Å². The Labute approximate surface area is 110 Å². The molecule has 0 fully saturated rings. The Morgan fingerprint density at radius 3 is 2.82 bits per heavy atom. The summed E-state index contributed by atoms with van der Waals surface area (Å²) in [6.07, 6.45) is 0.916. The molecule has 4 heteroatoms. The van der Waals surface area contributed by atoms with Crippen LogP contribution in [0.5, 0.6) is 0 Å². The Morgan fingerprint density at radius 2 is 2.18 bits per heavy atom. The third kappa shape index (κ3) is 2.80. The Balaban J connectivity index is 2.16. The standard InChI is InChI=1S/C13H16ClNOS/c1-2-9(8-16)15-7-12-13(14)10-5-3-4-6-11(10)17-12/h3-6,9,15-16H,2,7-8H2,1H3/t9-/m0/s1. The number of aliphatic hydroxyl groups excluding tert-OH is 1. The number of fused-ring (bicyclic) bond motifs is 1. The van der Waals surface area contributed by atoms with Gasteiger partial charge in [0.15, 0.2) is 0 Å². The van der Waals surface area contributed by atoms with Gasteiger partial charge in [-0.15, -0.1) is 11.3 Å². The lowest BCUT2D eigenvalue weighted by Gasteiger charge is -2.12. The molecule has 2 rings (SSSR count). The van der Waals surface area contributed by atoms with E-state index >= 15 is 0 Å². The Bertz CT molecular complexity index is 493. The Hall–Kier alpha value is -0.610. The van der Waals surface area contributed by atoms with E-state index in [1.54, 1.807) is 11.3 Å². The maximum atomic E-state index is 9.12. The summed E-state index contributed by atoms with van der Waals surface area (Å²) in [4.78, 5) is 1.14. The quantitative estimate of drug-likeness (QED) is 0.872. The zero-order valence-electron chi connectivity index (χ0n) is 9.74. The van der Waals surface area contributed by atoms with Crippen molar-refractivity contribution in [3.8, 4) is 0 Å². The number of hydrogen-bond acceptors (Lipinski definition) is 3. The van der Waals surface area contributed by atoms with E-state index in [0.717, 1.165) is 28.3 Å². The molecule has 2 N–H and O–H groups in total. The van der Waals surface area contributed by atoms with E-state index in [4.69, 9.17) is 16.7 Å². The lowest BCUT2D eigenvalue weighted by Crippen LogP contribution is -2.30. The molecule has 0 bridgehead atoms. The number of aliphatic hydroxyl groups is 1. The van der Waals surface area contributed by atoms with Crippen molar-refractivity contribution in [2.45, 2.75) is 25.9 Å². The first-order valence-electron chi connectivity index (χ1n) is 5.76. The van der Waals surface area contributed by atoms with Gasteiger partial charge in [0, 0.05) is 27.5 Å². The molecule has 1 aromatic carbocycles. The summed E-state index contributed by atoms with van der Waals surface area (Å²) in [5, 5.41) is 14.4. The number of halogens is 1. The van der Waals surface area contributed by atoms with Gasteiger partial charge in [0.05, 0.1) is 11.6 Å². The van der Waals surface area contributed by atoms with Crippen molar-refractivity contribution in [3.63, 3.8) is 0 Å². The van der Waals surface area contributed by atoms with Crippen molar-refractivity contribution in [2.75, 3.05) is 6.61 Å². The summed E-state index contributed by atoms with van der Waals surface area (Å²) in [7, 11) is 0. The predicted molar refractivity (Wildman–Crippen MR) is 74.8 cm³/mol. The van der Waals surface area contributed by atoms with Gasteiger partial charge in [-0.25, -0.2) is 0 Å². The molecule has 92 valence electrons. The van der Waals surface area contributed by atoms with Crippen LogP contribution in [0.15, 0.2) is 24.3 Å². The zero-order chi connectivity index (χ0) is 12.3. The average Bonchev–Trinajstić information content (AvgIpc) is 2.68. The molecular formula is C13H16ClNOS. The van der Waals surface area contributed by atoms with Crippen LogP contribution >= 0.6 is 22.9 Å². The van der Waals surface area contributed by atoms with Crippen molar-refractivity contribution in [1.29, 1.82) is 0 Å². The summed E-state index contributed by atoms with van der Waals surface area (Å²) in [6.45, 7) is 2.94. The van der Waals surface area contributed by atoms with Crippen LogP contribution in [0.2, 0.25) is 5.02 Å². The predicted octanol–water partition coefficient (Wildman–Crippen LogP) is 3.42. The highest BCUT2D eigenvalue weighted by Crippen LogP contribution is 2.34. The second-order valence-electron chi connectivity index (χ2n) is 4.00. The molecule has 0 radical (unpaired) electrons. The van der Waals surface area contributed by atoms with Crippen molar-refractivity contribution >= 4 is 33.0 Å². The van der Waals surface area contributed by atoms with Crippen LogP contribution in [-0.4, -0.2) is 17.8 Å². The third-order valence-electron chi connectivity index (χ3n) is 2.87. The van der Waals surface area contributed by atoms with Crippen molar-refractivity contribution in [2.24, 2.45) is 0 Å². The molecule has 17 heavy (non-hydrogen) atoms. The van der Waals surface area contributed by atoms with Crippen LogP contribution in [0, 0.1) is 0 Å². The second kappa shape index (κ2) is 5.83. The number of thiophene rings is 1. The fourth-order valence-electron chi connectivity index (χ4n) is 1.75. The van der Waals surface area contributed by atoms with Crippen LogP contribution in [-0.2, 0) is 6.54 Å². The average molecular weight is 270 g/mol. The first-order chi connectivity index (χ1) is 8.26. The maximum Gasteiger partial charge on any atom is 0.0636 e. The summed E-state index contributed by atoms with van der Waals surface area (Å²) < 4.78 is 1.21. The highest BCUT2D eigenvalue weighted by Gasteiger charge is 2.11. The van der Waals surface area contributed by atoms with Gasteiger partial charge in [0.1, 0.15) is 0 Å². The molecule has 2 aromatic rings. The minimum Gasteiger partial charge on any atom is -0.395 e. The molecule has 0 saturated carbocycles. The van der Waals surface area contributed by atoms with E-state index in [1.807, 2.05) is 18.2 Å². The zero-order valence-corrected chi connectivity index (χ0v) is 11.3. The van der Waals surface area contributed by atoms with E-state index in [1.165, 1.54) is 4.70 Å². The fourth-order valence-corrected chi connectivity index (χ4v) is 3.20. The van der Waals surface area contributed by atoms with Gasteiger partial charge in [0.2, 0.25) is 0 Å². The lowest BCUT2D eigenvalue weighted by atomic mass is 10.2. The van der Waals surface area contributed by atoms with E-state index in [0.29, 0.717) is 0 Å². The molecule has 1 atom stereocenters. The molecule has 0 aliphatic rings. The first kappa shape index (κ1) is 12.8. The van der Waals surface area contributed by atoms with Crippen LogP contribution in [0.3, 0.4) is 0 Å². The van der Waals surface area contributed by atoms with Gasteiger partial charge >= 0.3 is 0 Å². The highest BCUT2D eigenvalue weighted by atomic mass is 35.5. The Kier molecular flexibility index (Phi) is 4.40. The molecule has 0 unspecified atom stereocenters. The smallest absolute Gasteiger partial charge is 0.0636 e. The van der Waals surface area contributed by atoms with E-state index in [9.17, 15) is 0 Å². The molecule has 1 heterocycles. The van der Waals surface area contributed by atoms with Crippen molar-refractivity contribution in [3.05, 3.63) is 34.2 Å². The molecular weight excluding hydrogens is 254 g/mol. The number of benzene rings is 1.